The molecule has 4 rings (SSSR count). The number of amides is 2. The largest absolute Gasteiger partial charge is 0.494 e. The fourth-order valence-electron chi connectivity index (χ4n) is 4.15. The number of hydrogen-bond donors (Lipinski definition) is 0. The number of carbonyl (C=O) groups is 2. The van der Waals surface area contributed by atoms with Crippen molar-refractivity contribution in [1.82, 2.24) is 4.90 Å². The molecule has 2 aromatic carbocycles. The molecule has 0 bridgehead atoms. The molecule has 2 fully saturated rings. The molecule has 0 unspecified atom stereocenters. The Morgan fingerprint density at radius 1 is 1.07 bits per heavy atom. The lowest BCUT2D eigenvalue weighted by atomic mass is 10.1. The number of ether oxygens (including phenoxy) is 1. The van der Waals surface area contributed by atoms with E-state index in [-0.39, 0.29) is 30.0 Å². The zero-order valence-electron chi connectivity index (χ0n) is 17.1. The van der Waals surface area contributed by atoms with Gasteiger partial charge in [0.2, 0.25) is 11.8 Å². The van der Waals surface area contributed by atoms with Gasteiger partial charge in [-0.2, -0.15) is 0 Å². The van der Waals surface area contributed by atoms with Gasteiger partial charge >= 0.3 is 0 Å². The molecule has 0 aliphatic carbocycles. The first-order chi connectivity index (χ1) is 14.6. The maximum atomic E-state index is 14.0. The van der Waals surface area contributed by atoms with Gasteiger partial charge in [0.15, 0.2) is 0 Å². The SMILES string of the molecule is CCOc1ccc(N2C[C@H](C(=O)N3CCN(c4ccccc4F)CC3)CC2=O)cc1. The first-order valence-corrected chi connectivity index (χ1v) is 10.4. The molecule has 7 heteroatoms. The van der Waals surface area contributed by atoms with Crippen LogP contribution >= 0.6 is 0 Å². The Bertz CT molecular complexity index is 910. The van der Waals surface area contributed by atoms with Crippen molar-refractivity contribution in [3.8, 4) is 5.75 Å². The van der Waals surface area contributed by atoms with Gasteiger partial charge in [0.05, 0.1) is 18.2 Å². The number of nitrogens with zero attached hydrogens (tertiary/aromatic N) is 3. The summed E-state index contributed by atoms with van der Waals surface area (Å²) < 4.78 is 19.5. The summed E-state index contributed by atoms with van der Waals surface area (Å²) in [5.41, 5.74) is 1.35. The lowest BCUT2D eigenvalue weighted by Crippen LogP contribution is -2.51. The molecule has 0 radical (unpaired) electrons. The minimum absolute atomic E-state index is 0.00460. The maximum absolute atomic E-state index is 14.0. The van der Waals surface area contributed by atoms with Crippen molar-refractivity contribution in [2.24, 2.45) is 5.92 Å². The van der Waals surface area contributed by atoms with E-state index in [2.05, 4.69) is 0 Å². The molecule has 0 spiro atoms. The summed E-state index contributed by atoms with van der Waals surface area (Å²) in [4.78, 5) is 31.0. The lowest BCUT2D eigenvalue weighted by molar-refractivity contribution is -0.136. The van der Waals surface area contributed by atoms with Crippen molar-refractivity contribution < 1.29 is 18.7 Å². The minimum atomic E-state index is -0.343. The summed E-state index contributed by atoms with van der Waals surface area (Å²) >= 11 is 0. The summed E-state index contributed by atoms with van der Waals surface area (Å²) in [6, 6.07) is 14.1. The molecule has 30 heavy (non-hydrogen) atoms. The van der Waals surface area contributed by atoms with Gasteiger partial charge in [-0.3, -0.25) is 9.59 Å². The molecule has 0 saturated carbocycles. The third-order valence-electron chi connectivity index (χ3n) is 5.72. The minimum Gasteiger partial charge on any atom is -0.494 e. The Kier molecular flexibility index (Phi) is 5.88. The van der Waals surface area contributed by atoms with Crippen LogP contribution in [0, 0.1) is 11.7 Å². The Balaban J connectivity index is 1.35. The number of rotatable bonds is 5. The van der Waals surface area contributed by atoms with Crippen LogP contribution in [0.5, 0.6) is 5.75 Å². The van der Waals surface area contributed by atoms with Gasteiger partial charge in [0.1, 0.15) is 11.6 Å². The molecule has 2 saturated heterocycles. The number of carbonyl (C=O) groups excluding carboxylic acids is 2. The molecular formula is C23H26FN3O3. The van der Waals surface area contributed by atoms with E-state index >= 15 is 0 Å². The second-order valence-corrected chi connectivity index (χ2v) is 7.60. The average molecular weight is 411 g/mol. The first-order valence-electron chi connectivity index (χ1n) is 10.4. The standard InChI is InChI=1S/C23H26FN3O3/c1-2-30-19-9-7-18(8-10-19)27-16-17(15-22(27)28)23(29)26-13-11-25(12-14-26)21-6-4-3-5-20(21)24/h3-10,17H,2,11-16H2,1H3/t17-/m1/s1. The zero-order chi connectivity index (χ0) is 21.1. The highest BCUT2D eigenvalue weighted by atomic mass is 19.1. The Labute approximate surface area is 175 Å². The van der Waals surface area contributed by atoms with Crippen molar-refractivity contribution in [1.29, 1.82) is 0 Å². The van der Waals surface area contributed by atoms with Crippen LogP contribution in [0.3, 0.4) is 0 Å². The molecule has 0 aromatic heterocycles. The van der Waals surface area contributed by atoms with Crippen LogP contribution in [0.2, 0.25) is 0 Å². The predicted molar refractivity (Wildman–Crippen MR) is 113 cm³/mol. The van der Waals surface area contributed by atoms with Crippen LogP contribution in [0.1, 0.15) is 13.3 Å². The molecule has 2 heterocycles. The molecule has 6 nitrogen and oxygen atoms in total. The fraction of sp³-hybridized carbons (Fsp3) is 0.391. The third kappa shape index (κ3) is 4.10. The highest BCUT2D eigenvalue weighted by Gasteiger charge is 2.38. The average Bonchev–Trinajstić information content (AvgIpc) is 3.16. The van der Waals surface area contributed by atoms with Crippen LogP contribution < -0.4 is 14.5 Å². The Hall–Kier alpha value is -3.09. The van der Waals surface area contributed by atoms with Crippen molar-refractivity contribution in [2.75, 3.05) is 49.1 Å². The van der Waals surface area contributed by atoms with E-state index in [0.29, 0.717) is 45.0 Å². The van der Waals surface area contributed by atoms with Gasteiger partial charge in [-0.25, -0.2) is 4.39 Å². The third-order valence-corrected chi connectivity index (χ3v) is 5.72. The van der Waals surface area contributed by atoms with E-state index in [1.165, 1.54) is 6.07 Å². The van der Waals surface area contributed by atoms with E-state index in [9.17, 15) is 14.0 Å². The van der Waals surface area contributed by atoms with E-state index in [1.807, 2.05) is 42.2 Å². The van der Waals surface area contributed by atoms with Crippen molar-refractivity contribution in [2.45, 2.75) is 13.3 Å². The monoisotopic (exact) mass is 411 g/mol. The number of piperazine rings is 1. The smallest absolute Gasteiger partial charge is 0.228 e. The summed E-state index contributed by atoms with van der Waals surface area (Å²) in [6.45, 7) is 5.11. The summed E-state index contributed by atoms with van der Waals surface area (Å²) in [6.07, 6.45) is 0.222. The second-order valence-electron chi connectivity index (χ2n) is 7.60. The number of anilines is 2. The van der Waals surface area contributed by atoms with Crippen molar-refractivity contribution in [3.05, 3.63) is 54.3 Å². The fourth-order valence-corrected chi connectivity index (χ4v) is 4.15. The molecule has 2 aliphatic heterocycles. The van der Waals surface area contributed by atoms with Crippen molar-refractivity contribution >= 4 is 23.2 Å². The van der Waals surface area contributed by atoms with Crippen LogP contribution in [0.4, 0.5) is 15.8 Å². The van der Waals surface area contributed by atoms with Crippen LogP contribution in [0.15, 0.2) is 48.5 Å². The van der Waals surface area contributed by atoms with E-state index in [1.54, 1.807) is 21.9 Å². The van der Waals surface area contributed by atoms with Gasteiger partial charge in [0, 0.05) is 44.8 Å². The van der Waals surface area contributed by atoms with Gasteiger partial charge in [-0.05, 0) is 43.3 Å². The summed E-state index contributed by atoms with van der Waals surface area (Å²) in [5, 5.41) is 0. The number of halogens is 1. The van der Waals surface area contributed by atoms with Crippen LogP contribution in [-0.2, 0) is 9.59 Å². The van der Waals surface area contributed by atoms with Crippen LogP contribution in [-0.4, -0.2) is 56.0 Å². The highest BCUT2D eigenvalue weighted by molar-refractivity contribution is 6.00. The van der Waals surface area contributed by atoms with Gasteiger partial charge < -0.3 is 19.4 Å². The van der Waals surface area contributed by atoms with Gasteiger partial charge in [-0.15, -0.1) is 0 Å². The maximum Gasteiger partial charge on any atom is 0.228 e. The van der Waals surface area contributed by atoms with E-state index in [0.717, 1.165) is 11.4 Å². The second kappa shape index (κ2) is 8.73. The molecule has 2 aliphatic rings. The molecule has 1 atom stereocenters. The van der Waals surface area contributed by atoms with E-state index < -0.39 is 0 Å². The summed E-state index contributed by atoms with van der Waals surface area (Å²) in [7, 11) is 0. The normalized spacial score (nSPS) is 19.3. The highest BCUT2D eigenvalue weighted by Crippen LogP contribution is 2.28. The number of para-hydroxylation sites is 1. The molecule has 0 N–H and O–H groups in total. The molecule has 158 valence electrons. The Morgan fingerprint density at radius 3 is 2.43 bits per heavy atom. The lowest BCUT2D eigenvalue weighted by Gasteiger charge is -2.37. The van der Waals surface area contributed by atoms with Gasteiger partial charge in [-0.1, -0.05) is 12.1 Å². The van der Waals surface area contributed by atoms with Crippen LogP contribution in [0.25, 0.3) is 0 Å². The zero-order valence-corrected chi connectivity index (χ0v) is 17.1. The Morgan fingerprint density at radius 2 is 1.77 bits per heavy atom. The topological polar surface area (TPSA) is 53.1 Å². The molecule has 2 aromatic rings. The number of hydrogen-bond acceptors (Lipinski definition) is 4. The number of benzene rings is 2. The first kappa shape index (κ1) is 20.2. The molecular weight excluding hydrogens is 385 g/mol. The quantitative estimate of drug-likeness (QED) is 0.759. The van der Waals surface area contributed by atoms with E-state index in [4.69, 9.17) is 4.74 Å². The van der Waals surface area contributed by atoms with Crippen molar-refractivity contribution in [3.63, 3.8) is 0 Å². The predicted octanol–water partition coefficient (Wildman–Crippen LogP) is 2.93. The van der Waals surface area contributed by atoms with Gasteiger partial charge in [0.25, 0.3) is 0 Å². The molecule has 2 amide bonds. The summed E-state index contributed by atoms with van der Waals surface area (Å²) in [5.74, 6) is 0.134.